The Balaban J connectivity index is 1.62. The molecule has 1 aliphatic heterocycles. The summed E-state index contributed by atoms with van der Waals surface area (Å²) in [6.07, 6.45) is 7.58. The van der Waals surface area contributed by atoms with Crippen molar-refractivity contribution in [2.24, 2.45) is 0 Å². The van der Waals surface area contributed by atoms with E-state index in [1.807, 2.05) is 0 Å². The van der Waals surface area contributed by atoms with Gasteiger partial charge in [0.2, 0.25) is 0 Å². The molecule has 1 amide bonds. The molecule has 2 fully saturated rings. The Bertz CT molecular complexity index is 877. The monoisotopic (exact) mass is 423 g/mol. The maximum absolute atomic E-state index is 13.6. The summed E-state index contributed by atoms with van der Waals surface area (Å²) < 4.78 is 42.5. The Morgan fingerprint density at radius 2 is 1.83 bits per heavy atom. The van der Waals surface area contributed by atoms with E-state index in [0.717, 1.165) is 38.2 Å². The third-order valence-corrected chi connectivity index (χ3v) is 7.25. The van der Waals surface area contributed by atoms with E-state index in [1.165, 1.54) is 18.2 Å². The average molecular weight is 424 g/mol. The van der Waals surface area contributed by atoms with Gasteiger partial charge in [0.1, 0.15) is 5.82 Å². The number of amides is 1. The number of rotatable bonds is 6. The Hall–Kier alpha value is -2.22. The van der Waals surface area contributed by atoms with Crippen molar-refractivity contribution in [3.05, 3.63) is 41.7 Å². The number of nitrogens with zero attached hydrogens (tertiary/aromatic N) is 1. The van der Waals surface area contributed by atoms with Crippen molar-refractivity contribution >= 4 is 27.8 Å². The van der Waals surface area contributed by atoms with Crippen LogP contribution in [0.2, 0.25) is 0 Å². The van der Waals surface area contributed by atoms with Crippen molar-refractivity contribution in [2.75, 3.05) is 18.1 Å². The molecule has 1 aromatic carbocycles. The summed E-state index contributed by atoms with van der Waals surface area (Å²) in [5.41, 5.74) is 0.246. The van der Waals surface area contributed by atoms with Crippen LogP contribution in [0.5, 0.6) is 0 Å². The second kappa shape index (κ2) is 9.52. The first-order chi connectivity index (χ1) is 13.9. The zero-order valence-corrected chi connectivity index (χ0v) is 17.1. The lowest BCUT2D eigenvalue weighted by Crippen LogP contribution is -2.50. The SMILES string of the molecule is O=C(/C=C/c1ccccc1F)OCC(=O)N(C1CCCCC1)[C@H]1CCS(=O)(=O)C1. The van der Waals surface area contributed by atoms with Gasteiger partial charge in [-0.05, 0) is 31.4 Å². The van der Waals surface area contributed by atoms with E-state index in [9.17, 15) is 22.4 Å². The van der Waals surface area contributed by atoms with Crippen molar-refractivity contribution in [2.45, 2.75) is 50.6 Å². The second-order valence-corrected chi connectivity index (χ2v) is 9.84. The van der Waals surface area contributed by atoms with Crippen LogP contribution < -0.4 is 0 Å². The van der Waals surface area contributed by atoms with E-state index in [4.69, 9.17) is 4.74 Å². The molecule has 29 heavy (non-hydrogen) atoms. The van der Waals surface area contributed by atoms with Crippen molar-refractivity contribution in [3.8, 4) is 0 Å². The highest BCUT2D eigenvalue weighted by Gasteiger charge is 2.38. The predicted molar refractivity (Wildman–Crippen MR) is 107 cm³/mol. The molecule has 0 N–H and O–H groups in total. The molecule has 1 saturated carbocycles. The van der Waals surface area contributed by atoms with Crippen LogP contribution in [0.4, 0.5) is 4.39 Å². The first-order valence-electron chi connectivity index (χ1n) is 9.97. The van der Waals surface area contributed by atoms with Crippen LogP contribution in [0.25, 0.3) is 6.08 Å². The smallest absolute Gasteiger partial charge is 0.331 e. The predicted octanol–water partition coefficient (Wildman–Crippen LogP) is 2.73. The number of hydrogen-bond acceptors (Lipinski definition) is 5. The average Bonchev–Trinajstić information content (AvgIpc) is 3.06. The Morgan fingerprint density at radius 3 is 2.48 bits per heavy atom. The molecule has 1 saturated heterocycles. The molecule has 3 rings (SSSR count). The van der Waals surface area contributed by atoms with Crippen molar-refractivity contribution in [3.63, 3.8) is 0 Å². The molecule has 1 aromatic rings. The summed E-state index contributed by atoms with van der Waals surface area (Å²) in [4.78, 5) is 26.5. The van der Waals surface area contributed by atoms with Crippen LogP contribution in [0.1, 0.15) is 44.1 Å². The minimum Gasteiger partial charge on any atom is -0.452 e. The highest BCUT2D eigenvalue weighted by molar-refractivity contribution is 7.91. The lowest BCUT2D eigenvalue weighted by atomic mass is 9.93. The molecular formula is C21H26FNO5S. The van der Waals surface area contributed by atoms with Gasteiger partial charge in [-0.3, -0.25) is 4.79 Å². The fraction of sp³-hybridized carbons (Fsp3) is 0.524. The fourth-order valence-corrected chi connectivity index (χ4v) is 5.79. The minimum absolute atomic E-state index is 0.0118. The Labute approximate surface area is 170 Å². The van der Waals surface area contributed by atoms with Gasteiger partial charge in [-0.2, -0.15) is 0 Å². The van der Waals surface area contributed by atoms with Gasteiger partial charge in [0.15, 0.2) is 16.4 Å². The first-order valence-corrected chi connectivity index (χ1v) is 11.8. The number of carbonyl (C=O) groups excluding carboxylic acids is 2. The van der Waals surface area contributed by atoms with Gasteiger partial charge >= 0.3 is 5.97 Å². The summed E-state index contributed by atoms with van der Waals surface area (Å²) in [5, 5.41) is 0. The number of benzene rings is 1. The molecule has 0 bridgehead atoms. The highest BCUT2D eigenvalue weighted by atomic mass is 32.2. The number of esters is 1. The molecule has 2 aliphatic rings. The van der Waals surface area contributed by atoms with Crippen LogP contribution in [0, 0.1) is 5.82 Å². The van der Waals surface area contributed by atoms with Crippen molar-refractivity contribution < 1.29 is 27.1 Å². The lowest BCUT2D eigenvalue weighted by Gasteiger charge is -2.38. The van der Waals surface area contributed by atoms with Gasteiger partial charge in [-0.25, -0.2) is 17.6 Å². The van der Waals surface area contributed by atoms with Crippen LogP contribution in [0.15, 0.2) is 30.3 Å². The van der Waals surface area contributed by atoms with Gasteiger partial charge in [0.25, 0.3) is 5.91 Å². The molecule has 1 aliphatic carbocycles. The first kappa shape index (κ1) is 21.5. The van der Waals surface area contributed by atoms with E-state index in [-0.39, 0.29) is 35.1 Å². The second-order valence-electron chi connectivity index (χ2n) is 7.61. The molecule has 6 nitrogen and oxygen atoms in total. The van der Waals surface area contributed by atoms with E-state index in [2.05, 4.69) is 0 Å². The quantitative estimate of drug-likeness (QED) is 0.519. The third-order valence-electron chi connectivity index (χ3n) is 5.50. The molecule has 1 heterocycles. The van der Waals surface area contributed by atoms with E-state index >= 15 is 0 Å². The number of halogens is 1. The maximum atomic E-state index is 13.6. The topological polar surface area (TPSA) is 80.8 Å². The largest absolute Gasteiger partial charge is 0.452 e. The molecule has 0 unspecified atom stereocenters. The highest BCUT2D eigenvalue weighted by Crippen LogP contribution is 2.28. The number of ether oxygens (including phenoxy) is 1. The normalized spacial score (nSPS) is 21.9. The molecule has 158 valence electrons. The number of sulfone groups is 1. The van der Waals surface area contributed by atoms with Crippen LogP contribution in [-0.4, -0.2) is 55.4 Å². The van der Waals surface area contributed by atoms with Crippen LogP contribution in [-0.2, 0) is 24.2 Å². The summed E-state index contributed by atoms with van der Waals surface area (Å²) >= 11 is 0. The zero-order chi connectivity index (χ0) is 20.9. The van der Waals surface area contributed by atoms with Crippen molar-refractivity contribution in [1.82, 2.24) is 4.90 Å². The minimum atomic E-state index is -3.14. The Kier molecular flexibility index (Phi) is 7.05. The Morgan fingerprint density at radius 1 is 1.10 bits per heavy atom. The van der Waals surface area contributed by atoms with E-state index in [1.54, 1.807) is 17.0 Å². The summed E-state index contributed by atoms with van der Waals surface area (Å²) in [7, 11) is -3.14. The molecule has 0 radical (unpaired) electrons. The molecule has 8 heteroatoms. The molecular weight excluding hydrogens is 397 g/mol. The molecule has 0 spiro atoms. The van der Waals surface area contributed by atoms with Gasteiger partial charge in [0, 0.05) is 23.7 Å². The number of hydrogen-bond donors (Lipinski definition) is 0. The van der Waals surface area contributed by atoms with Gasteiger partial charge in [0.05, 0.1) is 11.5 Å². The van der Waals surface area contributed by atoms with Crippen LogP contribution >= 0.6 is 0 Å². The van der Waals surface area contributed by atoms with Crippen LogP contribution in [0.3, 0.4) is 0 Å². The zero-order valence-electron chi connectivity index (χ0n) is 16.3. The lowest BCUT2D eigenvalue weighted by molar-refractivity contribution is -0.151. The third kappa shape index (κ3) is 5.88. The van der Waals surface area contributed by atoms with E-state index in [0.29, 0.717) is 6.42 Å². The molecule has 0 aromatic heterocycles. The van der Waals surface area contributed by atoms with Gasteiger partial charge < -0.3 is 9.64 Å². The number of carbonyl (C=O) groups is 2. The summed E-state index contributed by atoms with van der Waals surface area (Å²) in [5.74, 6) is -1.52. The molecule has 1 atom stereocenters. The van der Waals surface area contributed by atoms with Gasteiger partial charge in [-0.15, -0.1) is 0 Å². The van der Waals surface area contributed by atoms with Gasteiger partial charge in [-0.1, -0.05) is 37.5 Å². The fourth-order valence-electron chi connectivity index (χ4n) is 4.08. The van der Waals surface area contributed by atoms with Crippen molar-refractivity contribution in [1.29, 1.82) is 0 Å². The standard InChI is InChI=1S/C21H26FNO5S/c22-19-9-5-4-6-16(19)10-11-21(25)28-14-20(24)23(17-7-2-1-3-8-17)18-12-13-29(26,27)15-18/h4-6,9-11,17-18H,1-3,7-8,12-15H2/b11-10+/t18-/m0/s1. The maximum Gasteiger partial charge on any atom is 0.331 e. The summed E-state index contributed by atoms with van der Waals surface area (Å²) in [6.45, 7) is -0.451. The van der Waals surface area contributed by atoms with E-state index < -0.39 is 28.2 Å². The summed E-state index contributed by atoms with van der Waals surface area (Å²) in [6, 6.07) is 5.63.